The number of halogens is 3. The van der Waals surface area contributed by atoms with Crippen LogP contribution in [-0.2, 0) is 0 Å². The first-order chi connectivity index (χ1) is 11.4. The van der Waals surface area contributed by atoms with E-state index < -0.39 is 14.5 Å². The Morgan fingerprint density at radius 3 is 1.75 bits per heavy atom. The van der Waals surface area contributed by atoms with Gasteiger partial charge in [-0.25, -0.2) is 14.2 Å². The van der Waals surface area contributed by atoms with Gasteiger partial charge in [-0.05, 0) is 24.3 Å². The molecule has 1 heterocycles. The van der Waals surface area contributed by atoms with Crippen LogP contribution >= 0.6 is 46.8 Å². The van der Waals surface area contributed by atoms with Crippen LogP contribution in [0.2, 0.25) is 0 Å². The summed E-state index contributed by atoms with van der Waals surface area (Å²) in [6, 6.07) is 17.2. The van der Waals surface area contributed by atoms with Crippen LogP contribution < -0.4 is 11.4 Å². The largest absolute Gasteiger partial charge is 0.362 e. The van der Waals surface area contributed by atoms with Crippen molar-refractivity contribution in [3.63, 3.8) is 0 Å². The van der Waals surface area contributed by atoms with Crippen LogP contribution in [0.4, 0.5) is 0 Å². The Morgan fingerprint density at radius 1 is 0.750 bits per heavy atom. The monoisotopic (exact) mass is 401 g/mol. The lowest BCUT2D eigenvalue weighted by molar-refractivity contribution is 0.783. The lowest BCUT2D eigenvalue weighted by Gasteiger charge is -2.12. The van der Waals surface area contributed by atoms with E-state index in [0.717, 1.165) is 8.65 Å². The molecule has 0 unspecified atom stereocenters. The van der Waals surface area contributed by atoms with Crippen LogP contribution in [0, 0.1) is 0 Å². The van der Waals surface area contributed by atoms with Crippen LogP contribution in [0.3, 0.4) is 0 Å². The normalized spacial score (nSPS) is 11.6. The molecular weight excluding hydrogens is 393 g/mol. The molecule has 0 atom stereocenters. The van der Waals surface area contributed by atoms with Crippen molar-refractivity contribution in [2.24, 2.45) is 0 Å². The van der Waals surface area contributed by atoms with E-state index in [2.05, 4.69) is 0 Å². The number of nitrogens with zero attached hydrogens (tertiary/aromatic N) is 3. The van der Waals surface area contributed by atoms with Gasteiger partial charge in [-0.15, -0.1) is 0 Å². The van der Waals surface area contributed by atoms with E-state index >= 15 is 0 Å². The van der Waals surface area contributed by atoms with Crippen LogP contribution in [0.25, 0.3) is 11.4 Å². The third-order valence-electron chi connectivity index (χ3n) is 3.11. The van der Waals surface area contributed by atoms with Gasteiger partial charge >= 0.3 is 11.4 Å². The van der Waals surface area contributed by atoms with E-state index in [1.54, 1.807) is 60.7 Å². The molecule has 0 aliphatic carbocycles. The highest BCUT2D eigenvalue weighted by atomic mass is 35.6. The van der Waals surface area contributed by atoms with Gasteiger partial charge in [0.2, 0.25) is 0 Å². The van der Waals surface area contributed by atoms with Gasteiger partial charge in [0.25, 0.3) is 3.12 Å². The van der Waals surface area contributed by atoms with Gasteiger partial charge in [0, 0.05) is 11.9 Å². The highest BCUT2D eigenvalue weighted by Crippen LogP contribution is 2.38. The average Bonchev–Trinajstić information content (AvgIpc) is 2.78. The van der Waals surface area contributed by atoms with Gasteiger partial charge < -0.3 is 0 Å². The number of aromatic nitrogens is 3. The third-order valence-corrected chi connectivity index (χ3v) is 4.43. The van der Waals surface area contributed by atoms with Gasteiger partial charge in [0.05, 0.1) is 11.4 Å². The number of rotatable bonds is 3. The molecule has 2 aromatic carbocycles. The van der Waals surface area contributed by atoms with Crippen molar-refractivity contribution in [2.75, 3.05) is 0 Å². The quantitative estimate of drug-likeness (QED) is 0.629. The van der Waals surface area contributed by atoms with Crippen LogP contribution in [0.5, 0.6) is 0 Å². The molecule has 0 fully saturated rings. The summed E-state index contributed by atoms with van der Waals surface area (Å²) in [6.07, 6.45) is 0. The maximum Gasteiger partial charge on any atom is 0.362 e. The van der Waals surface area contributed by atoms with Gasteiger partial charge in [0.1, 0.15) is 0 Å². The summed E-state index contributed by atoms with van der Waals surface area (Å²) in [5.41, 5.74) is -0.262. The fourth-order valence-corrected chi connectivity index (χ4v) is 3.38. The van der Waals surface area contributed by atoms with E-state index in [0.29, 0.717) is 23.3 Å². The molecular formula is C15H10Cl3N3O2S. The Balaban J connectivity index is 2.32. The molecule has 3 aromatic rings. The number of alkyl halides is 3. The summed E-state index contributed by atoms with van der Waals surface area (Å²) in [5, 5.41) is 0. The van der Waals surface area contributed by atoms with Crippen LogP contribution in [0.1, 0.15) is 0 Å². The molecule has 1 aromatic heterocycles. The van der Waals surface area contributed by atoms with E-state index in [1.807, 2.05) is 0 Å². The Hall–Kier alpha value is -1.60. The molecule has 0 amide bonds. The van der Waals surface area contributed by atoms with Crippen molar-refractivity contribution in [3.05, 3.63) is 81.6 Å². The second-order valence-electron chi connectivity index (χ2n) is 4.69. The molecule has 0 N–H and O–H groups in total. The molecule has 5 nitrogen and oxygen atoms in total. The molecule has 0 saturated carbocycles. The van der Waals surface area contributed by atoms with E-state index in [1.165, 1.54) is 4.68 Å². The number of para-hydroxylation sites is 2. The minimum absolute atomic E-state index is 0.431. The summed E-state index contributed by atoms with van der Waals surface area (Å²) in [6.45, 7) is 0. The zero-order chi connectivity index (χ0) is 17.3. The predicted octanol–water partition coefficient (Wildman–Crippen LogP) is 3.61. The standard InChI is InChI=1S/C15H10Cl3N3O2S/c16-15(17,18)24-21-14(23)19(11-7-3-1-4-8-11)13(22)20(21)12-9-5-2-6-10-12/h1-10H. The molecule has 9 heteroatoms. The van der Waals surface area contributed by atoms with E-state index in [9.17, 15) is 9.59 Å². The highest BCUT2D eigenvalue weighted by Gasteiger charge is 2.28. The number of benzene rings is 2. The Bertz CT molecular complexity index is 960. The molecule has 0 bridgehead atoms. The Kier molecular flexibility index (Phi) is 4.83. The lowest BCUT2D eigenvalue weighted by atomic mass is 10.3. The van der Waals surface area contributed by atoms with Gasteiger partial charge in [-0.1, -0.05) is 71.2 Å². The molecule has 24 heavy (non-hydrogen) atoms. The smallest absolute Gasteiger partial charge is 0.245 e. The van der Waals surface area contributed by atoms with Crippen molar-refractivity contribution in [1.29, 1.82) is 0 Å². The highest BCUT2D eigenvalue weighted by molar-refractivity contribution is 8.03. The van der Waals surface area contributed by atoms with Gasteiger partial charge in [-0.2, -0.15) is 8.77 Å². The molecule has 0 radical (unpaired) electrons. The van der Waals surface area contributed by atoms with E-state index in [4.69, 9.17) is 34.8 Å². The molecule has 0 aliphatic rings. The first-order valence-electron chi connectivity index (χ1n) is 6.72. The van der Waals surface area contributed by atoms with Gasteiger partial charge in [0.15, 0.2) is 0 Å². The first-order valence-corrected chi connectivity index (χ1v) is 8.63. The van der Waals surface area contributed by atoms with Crippen LogP contribution in [0.15, 0.2) is 70.3 Å². The minimum Gasteiger partial charge on any atom is -0.245 e. The van der Waals surface area contributed by atoms with Crippen molar-refractivity contribution in [2.45, 2.75) is 3.12 Å². The van der Waals surface area contributed by atoms with Crippen molar-refractivity contribution < 1.29 is 0 Å². The Morgan fingerprint density at radius 2 is 1.25 bits per heavy atom. The summed E-state index contributed by atoms with van der Waals surface area (Å²) < 4.78 is 1.42. The third kappa shape index (κ3) is 3.42. The summed E-state index contributed by atoms with van der Waals surface area (Å²) >= 11 is 18.1. The molecule has 0 saturated heterocycles. The molecule has 0 aliphatic heterocycles. The van der Waals surface area contributed by atoms with E-state index in [-0.39, 0.29) is 0 Å². The molecule has 124 valence electrons. The van der Waals surface area contributed by atoms with Crippen molar-refractivity contribution in [1.82, 2.24) is 13.3 Å². The molecule has 3 rings (SSSR count). The fourth-order valence-electron chi connectivity index (χ4n) is 2.19. The number of hydrogen-bond donors (Lipinski definition) is 0. The molecule has 0 spiro atoms. The van der Waals surface area contributed by atoms with Gasteiger partial charge in [-0.3, -0.25) is 0 Å². The average molecular weight is 403 g/mol. The summed E-state index contributed by atoms with van der Waals surface area (Å²) in [7, 11) is 0. The topological polar surface area (TPSA) is 48.9 Å². The number of hydrogen-bond acceptors (Lipinski definition) is 3. The minimum atomic E-state index is -1.81. The fraction of sp³-hybridized carbons (Fsp3) is 0.0667. The summed E-state index contributed by atoms with van der Waals surface area (Å²) in [5.74, 6) is 0. The second-order valence-corrected chi connectivity index (χ2v) is 8.79. The maximum atomic E-state index is 12.9. The summed E-state index contributed by atoms with van der Waals surface area (Å²) in [4.78, 5) is 25.6. The van der Waals surface area contributed by atoms with Crippen LogP contribution in [-0.4, -0.2) is 16.5 Å². The van der Waals surface area contributed by atoms with Crippen molar-refractivity contribution >= 4 is 46.8 Å². The first kappa shape index (κ1) is 17.2. The predicted molar refractivity (Wildman–Crippen MR) is 98.9 cm³/mol. The second kappa shape index (κ2) is 6.72. The lowest BCUT2D eigenvalue weighted by Crippen LogP contribution is -2.26. The SMILES string of the molecule is O=c1n(-c2ccccc2)c(=O)n(-c2ccccc2)n1SC(Cl)(Cl)Cl. The Labute approximate surface area is 156 Å². The maximum absolute atomic E-state index is 12.9. The van der Waals surface area contributed by atoms with Crippen molar-refractivity contribution in [3.8, 4) is 11.4 Å². The zero-order valence-corrected chi connectivity index (χ0v) is 15.1. The zero-order valence-electron chi connectivity index (χ0n) is 12.0.